The number of rotatable bonds is 4. The highest BCUT2D eigenvalue weighted by molar-refractivity contribution is 5.79. The SMILES string of the molecule is NC1CCCCC1C(=O)NCC1CCCC(C(=O)O)C1. The normalized spacial score (nSPS) is 34.5. The minimum Gasteiger partial charge on any atom is -0.481 e. The van der Waals surface area contributed by atoms with Gasteiger partial charge in [-0.2, -0.15) is 0 Å². The van der Waals surface area contributed by atoms with E-state index in [0.717, 1.165) is 44.9 Å². The van der Waals surface area contributed by atoms with Gasteiger partial charge < -0.3 is 16.2 Å². The zero-order valence-corrected chi connectivity index (χ0v) is 12.0. The van der Waals surface area contributed by atoms with E-state index in [1.54, 1.807) is 0 Å². The molecule has 0 aromatic rings. The summed E-state index contributed by atoms with van der Waals surface area (Å²) in [7, 11) is 0. The Bertz CT molecular complexity index is 359. The van der Waals surface area contributed by atoms with Crippen molar-refractivity contribution in [1.82, 2.24) is 5.32 Å². The van der Waals surface area contributed by atoms with Crippen molar-refractivity contribution in [3.8, 4) is 0 Å². The average molecular weight is 282 g/mol. The van der Waals surface area contributed by atoms with Crippen LogP contribution in [0.15, 0.2) is 0 Å². The van der Waals surface area contributed by atoms with E-state index in [2.05, 4.69) is 5.32 Å². The molecule has 2 aliphatic rings. The first-order valence-electron chi connectivity index (χ1n) is 7.84. The number of hydrogen-bond donors (Lipinski definition) is 3. The molecule has 0 aromatic carbocycles. The lowest BCUT2D eigenvalue weighted by Crippen LogP contribution is -2.45. The summed E-state index contributed by atoms with van der Waals surface area (Å²) in [5.74, 6) is -0.621. The third-order valence-corrected chi connectivity index (χ3v) is 4.85. The van der Waals surface area contributed by atoms with Crippen molar-refractivity contribution in [3.63, 3.8) is 0 Å². The first kappa shape index (κ1) is 15.3. The Balaban J connectivity index is 1.76. The third kappa shape index (κ3) is 3.95. The van der Waals surface area contributed by atoms with E-state index in [-0.39, 0.29) is 23.8 Å². The lowest BCUT2D eigenvalue weighted by Gasteiger charge is -2.30. The van der Waals surface area contributed by atoms with E-state index in [0.29, 0.717) is 18.9 Å². The molecule has 4 N–H and O–H groups in total. The number of nitrogens with one attached hydrogen (secondary N) is 1. The van der Waals surface area contributed by atoms with Crippen LogP contribution in [0.5, 0.6) is 0 Å². The van der Waals surface area contributed by atoms with Gasteiger partial charge in [0.05, 0.1) is 11.8 Å². The molecule has 0 aromatic heterocycles. The van der Waals surface area contributed by atoms with E-state index < -0.39 is 5.97 Å². The van der Waals surface area contributed by atoms with E-state index in [1.807, 2.05) is 0 Å². The molecule has 0 aliphatic heterocycles. The molecule has 2 fully saturated rings. The van der Waals surface area contributed by atoms with Crippen molar-refractivity contribution in [3.05, 3.63) is 0 Å². The molecule has 20 heavy (non-hydrogen) atoms. The number of amides is 1. The molecule has 2 rings (SSSR count). The van der Waals surface area contributed by atoms with E-state index in [4.69, 9.17) is 10.8 Å². The second-order valence-corrected chi connectivity index (χ2v) is 6.37. The molecule has 114 valence electrons. The van der Waals surface area contributed by atoms with Gasteiger partial charge in [0.15, 0.2) is 0 Å². The van der Waals surface area contributed by atoms with Gasteiger partial charge in [0, 0.05) is 12.6 Å². The summed E-state index contributed by atoms with van der Waals surface area (Å²) in [5, 5.41) is 12.1. The maximum atomic E-state index is 12.2. The minimum atomic E-state index is -0.699. The maximum absolute atomic E-state index is 12.2. The Kier molecular flexibility index (Phi) is 5.40. The van der Waals surface area contributed by atoms with Crippen LogP contribution in [0.1, 0.15) is 51.4 Å². The number of carbonyl (C=O) groups excluding carboxylic acids is 1. The zero-order chi connectivity index (χ0) is 14.5. The Morgan fingerprint density at radius 3 is 2.55 bits per heavy atom. The quantitative estimate of drug-likeness (QED) is 0.728. The summed E-state index contributed by atoms with van der Waals surface area (Å²) < 4.78 is 0. The van der Waals surface area contributed by atoms with Crippen molar-refractivity contribution in [1.29, 1.82) is 0 Å². The molecular weight excluding hydrogens is 256 g/mol. The Morgan fingerprint density at radius 1 is 1.10 bits per heavy atom. The Hall–Kier alpha value is -1.10. The van der Waals surface area contributed by atoms with Gasteiger partial charge in [-0.15, -0.1) is 0 Å². The fraction of sp³-hybridized carbons (Fsp3) is 0.867. The van der Waals surface area contributed by atoms with Gasteiger partial charge >= 0.3 is 5.97 Å². The first-order chi connectivity index (χ1) is 9.58. The number of carboxylic acid groups (broad SMARTS) is 1. The largest absolute Gasteiger partial charge is 0.481 e. The smallest absolute Gasteiger partial charge is 0.306 e. The topological polar surface area (TPSA) is 92.4 Å². The average Bonchev–Trinajstić information content (AvgIpc) is 2.45. The van der Waals surface area contributed by atoms with Crippen LogP contribution < -0.4 is 11.1 Å². The lowest BCUT2D eigenvalue weighted by atomic mass is 9.81. The third-order valence-electron chi connectivity index (χ3n) is 4.85. The summed E-state index contributed by atoms with van der Waals surface area (Å²) in [6.07, 6.45) is 7.43. The van der Waals surface area contributed by atoms with Gasteiger partial charge in [-0.1, -0.05) is 19.3 Å². The van der Waals surface area contributed by atoms with Gasteiger partial charge in [0.2, 0.25) is 5.91 Å². The van der Waals surface area contributed by atoms with E-state index in [9.17, 15) is 9.59 Å². The van der Waals surface area contributed by atoms with Crippen molar-refractivity contribution in [2.75, 3.05) is 6.54 Å². The Labute approximate surface area is 120 Å². The second kappa shape index (κ2) is 7.07. The number of nitrogens with two attached hydrogens (primary N) is 1. The fourth-order valence-electron chi connectivity index (χ4n) is 3.56. The zero-order valence-electron chi connectivity index (χ0n) is 12.0. The molecule has 0 spiro atoms. The highest BCUT2D eigenvalue weighted by Crippen LogP contribution is 2.29. The van der Waals surface area contributed by atoms with Crippen LogP contribution in [-0.2, 0) is 9.59 Å². The molecular formula is C15H26N2O3. The van der Waals surface area contributed by atoms with Crippen molar-refractivity contribution in [2.45, 2.75) is 57.4 Å². The van der Waals surface area contributed by atoms with Gasteiger partial charge in [-0.05, 0) is 38.0 Å². The molecule has 5 heteroatoms. The fourth-order valence-corrected chi connectivity index (χ4v) is 3.56. The predicted octanol–water partition coefficient (Wildman–Crippen LogP) is 1.51. The van der Waals surface area contributed by atoms with Crippen LogP contribution in [0.3, 0.4) is 0 Å². The molecule has 4 atom stereocenters. The number of aliphatic carboxylic acids is 1. The van der Waals surface area contributed by atoms with Crippen LogP contribution in [0.25, 0.3) is 0 Å². The highest BCUT2D eigenvalue weighted by Gasteiger charge is 2.30. The molecule has 0 bridgehead atoms. The molecule has 0 heterocycles. The van der Waals surface area contributed by atoms with Crippen LogP contribution in [0.4, 0.5) is 0 Å². The monoisotopic (exact) mass is 282 g/mol. The van der Waals surface area contributed by atoms with Crippen LogP contribution in [0, 0.1) is 17.8 Å². The van der Waals surface area contributed by atoms with Crippen LogP contribution in [-0.4, -0.2) is 29.6 Å². The molecule has 1 amide bonds. The molecule has 4 unspecified atom stereocenters. The molecule has 5 nitrogen and oxygen atoms in total. The van der Waals surface area contributed by atoms with Gasteiger partial charge in [0.1, 0.15) is 0 Å². The summed E-state index contributed by atoms with van der Waals surface area (Å²) >= 11 is 0. The van der Waals surface area contributed by atoms with Crippen LogP contribution >= 0.6 is 0 Å². The van der Waals surface area contributed by atoms with Gasteiger partial charge in [-0.3, -0.25) is 9.59 Å². The summed E-state index contributed by atoms with van der Waals surface area (Å²) in [5.41, 5.74) is 6.01. The number of carbonyl (C=O) groups is 2. The molecule has 2 saturated carbocycles. The van der Waals surface area contributed by atoms with Gasteiger partial charge in [0.25, 0.3) is 0 Å². The second-order valence-electron chi connectivity index (χ2n) is 6.37. The lowest BCUT2D eigenvalue weighted by molar-refractivity contribution is -0.143. The van der Waals surface area contributed by atoms with Crippen LogP contribution in [0.2, 0.25) is 0 Å². The summed E-state index contributed by atoms with van der Waals surface area (Å²) in [6.45, 7) is 0.603. The molecule has 0 radical (unpaired) electrons. The van der Waals surface area contributed by atoms with E-state index in [1.165, 1.54) is 0 Å². The van der Waals surface area contributed by atoms with Crippen molar-refractivity contribution >= 4 is 11.9 Å². The summed E-state index contributed by atoms with van der Waals surface area (Å²) in [6, 6.07) is -0.0122. The summed E-state index contributed by atoms with van der Waals surface area (Å²) in [4.78, 5) is 23.2. The maximum Gasteiger partial charge on any atom is 0.306 e. The van der Waals surface area contributed by atoms with Crippen molar-refractivity contribution in [2.24, 2.45) is 23.5 Å². The van der Waals surface area contributed by atoms with Gasteiger partial charge in [-0.25, -0.2) is 0 Å². The Morgan fingerprint density at radius 2 is 1.85 bits per heavy atom. The van der Waals surface area contributed by atoms with Crippen molar-refractivity contribution < 1.29 is 14.7 Å². The molecule has 2 aliphatic carbocycles. The number of hydrogen-bond acceptors (Lipinski definition) is 3. The standard InChI is InChI=1S/C15H26N2O3/c16-13-7-2-1-6-12(13)14(18)17-9-10-4-3-5-11(8-10)15(19)20/h10-13H,1-9,16H2,(H,17,18)(H,19,20). The predicted molar refractivity (Wildman–Crippen MR) is 76.0 cm³/mol. The molecule has 0 saturated heterocycles. The first-order valence-corrected chi connectivity index (χ1v) is 7.84. The van der Waals surface area contributed by atoms with E-state index >= 15 is 0 Å². The number of carboxylic acids is 1. The minimum absolute atomic E-state index is 0.0122. The highest BCUT2D eigenvalue weighted by atomic mass is 16.4.